The lowest BCUT2D eigenvalue weighted by Crippen LogP contribution is -2.31. The van der Waals surface area contributed by atoms with E-state index in [9.17, 15) is 14.9 Å². The average molecular weight is 360 g/mol. The molecule has 0 unspecified atom stereocenters. The van der Waals surface area contributed by atoms with Crippen molar-refractivity contribution in [2.75, 3.05) is 12.4 Å². The van der Waals surface area contributed by atoms with Gasteiger partial charge >= 0.3 is 0 Å². The van der Waals surface area contributed by atoms with Crippen LogP contribution >= 0.6 is 11.6 Å². The van der Waals surface area contributed by atoms with Crippen molar-refractivity contribution in [1.82, 2.24) is 4.57 Å². The van der Waals surface area contributed by atoms with Crippen LogP contribution in [0.4, 0.5) is 5.69 Å². The monoisotopic (exact) mass is 359 g/mol. The number of carbonyl (C=O) groups excluding carboxylic acids is 1. The molecule has 0 aliphatic rings. The van der Waals surface area contributed by atoms with E-state index in [0.717, 1.165) is 5.56 Å². The highest BCUT2D eigenvalue weighted by molar-refractivity contribution is 6.31. The molecule has 7 heteroatoms. The highest BCUT2D eigenvalue weighted by atomic mass is 35.5. The minimum absolute atomic E-state index is 0.0146. The molecule has 1 aromatic carbocycles. The van der Waals surface area contributed by atoms with E-state index < -0.39 is 5.56 Å². The first-order valence-corrected chi connectivity index (χ1v) is 7.94. The Morgan fingerprint density at radius 3 is 2.76 bits per heavy atom. The van der Waals surface area contributed by atoms with Gasteiger partial charge in [0.25, 0.3) is 5.56 Å². The second kappa shape index (κ2) is 7.97. The van der Waals surface area contributed by atoms with Gasteiger partial charge in [-0.1, -0.05) is 17.7 Å². The number of amides is 1. The van der Waals surface area contributed by atoms with Crippen molar-refractivity contribution < 1.29 is 9.53 Å². The standard InChI is InChI=1S/C18H18ClN3O3/c1-11-7-13(10-25-3)14(8-20)18(24)22(11)9-17(23)21-16-6-4-5-15(19)12(16)2/h4-7H,9-10H2,1-3H3,(H,21,23). The van der Waals surface area contributed by atoms with Crippen LogP contribution < -0.4 is 10.9 Å². The molecule has 130 valence electrons. The fraction of sp³-hybridized carbons (Fsp3) is 0.278. The minimum atomic E-state index is -0.507. The number of nitrogens with one attached hydrogen (secondary N) is 1. The molecule has 0 fully saturated rings. The number of ether oxygens (including phenoxy) is 1. The van der Waals surface area contributed by atoms with Crippen LogP contribution in [0.1, 0.15) is 22.4 Å². The Hall–Kier alpha value is -2.62. The number of halogens is 1. The Kier molecular flexibility index (Phi) is 5.97. The molecule has 0 spiro atoms. The van der Waals surface area contributed by atoms with Crippen molar-refractivity contribution in [3.05, 3.63) is 62.0 Å². The molecular weight excluding hydrogens is 342 g/mol. The third-order valence-corrected chi connectivity index (χ3v) is 4.25. The number of hydrogen-bond acceptors (Lipinski definition) is 4. The molecule has 2 rings (SSSR count). The molecule has 1 amide bonds. The van der Waals surface area contributed by atoms with Gasteiger partial charge in [-0.15, -0.1) is 0 Å². The zero-order valence-electron chi connectivity index (χ0n) is 14.2. The topological polar surface area (TPSA) is 84.1 Å². The van der Waals surface area contributed by atoms with Crippen molar-refractivity contribution in [3.63, 3.8) is 0 Å². The summed E-state index contributed by atoms with van der Waals surface area (Å²) in [6, 6.07) is 8.77. The molecular formula is C18H18ClN3O3. The Labute approximate surface area is 150 Å². The molecule has 1 heterocycles. The Bertz CT molecular complexity index is 913. The first-order chi connectivity index (χ1) is 11.9. The van der Waals surface area contributed by atoms with Crippen molar-refractivity contribution in [1.29, 1.82) is 5.26 Å². The summed E-state index contributed by atoms with van der Waals surface area (Å²) in [5, 5.41) is 12.5. The normalized spacial score (nSPS) is 10.4. The predicted molar refractivity (Wildman–Crippen MR) is 95.7 cm³/mol. The van der Waals surface area contributed by atoms with Gasteiger partial charge in [0, 0.05) is 29.1 Å². The summed E-state index contributed by atoms with van der Waals surface area (Å²) in [6.07, 6.45) is 0. The second-order valence-corrected chi connectivity index (χ2v) is 5.99. The van der Waals surface area contributed by atoms with E-state index in [4.69, 9.17) is 16.3 Å². The number of anilines is 1. The molecule has 0 saturated carbocycles. The number of hydrogen-bond donors (Lipinski definition) is 1. The summed E-state index contributed by atoms with van der Waals surface area (Å²) in [5.74, 6) is -0.376. The zero-order chi connectivity index (χ0) is 18.6. The largest absolute Gasteiger partial charge is 0.380 e. The third kappa shape index (κ3) is 4.08. The molecule has 6 nitrogen and oxygen atoms in total. The molecule has 25 heavy (non-hydrogen) atoms. The first-order valence-electron chi connectivity index (χ1n) is 7.56. The lowest BCUT2D eigenvalue weighted by molar-refractivity contribution is -0.116. The molecule has 0 atom stereocenters. The van der Waals surface area contributed by atoms with Crippen molar-refractivity contribution in [2.45, 2.75) is 27.0 Å². The fourth-order valence-corrected chi connectivity index (χ4v) is 2.67. The average Bonchev–Trinajstić information content (AvgIpc) is 2.56. The van der Waals surface area contributed by atoms with Gasteiger partial charge in [0.1, 0.15) is 18.2 Å². The molecule has 0 radical (unpaired) electrons. The van der Waals surface area contributed by atoms with Crippen LogP contribution in [0.2, 0.25) is 5.02 Å². The molecule has 0 aliphatic carbocycles. The third-order valence-electron chi connectivity index (χ3n) is 3.84. The lowest BCUT2D eigenvalue weighted by atomic mass is 10.1. The van der Waals surface area contributed by atoms with Gasteiger partial charge in [0.2, 0.25) is 5.91 Å². The molecule has 1 aromatic heterocycles. The summed E-state index contributed by atoms with van der Waals surface area (Å²) in [7, 11) is 1.49. The smallest absolute Gasteiger partial charge is 0.269 e. The van der Waals surface area contributed by atoms with E-state index in [-0.39, 0.29) is 24.6 Å². The highest BCUT2D eigenvalue weighted by Crippen LogP contribution is 2.22. The SMILES string of the molecule is COCc1cc(C)n(CC(=O)Nc2cccc(Cl)c2C)c(=O)c1C#N. The van der Waals surface area contributed by atoms with Gasteiger partial charge in [0.05, 0.1) is 6.61 Å². The van der Waals surface area contributed by atoms with Gasteiger partial charge in [-0.3, -0.25) is 9.59 Å². The number of nitriles is 1. The van der Waals surface area contributed by atoms with E-state index in [0.29, 0.717) is 22.0 Å². The summed E-state index contributed by atoms with van der Waals surface area (Å²) >= 11 is 6.04. The molecule has 0 saturated heterocycles. The minimum Gasteiger partial charge on any atom is -0.380 e. The lowest BCUT2D eigenvalue weighted by Gasteiger charge is -2.14. The first kappa shape index (κ1) is 18.7. The van der Waals surface area contributed by atoms with E-state index in [1.807, 2.05) is 6.07 Å². The van der Waals surface area contributed by atoms with Crippen LogP contribution in [-0.4, -0.2) is 17.6 Å². The number of pyridine rings is 1. The number of aromatic nitrogens is 1. The van der Waals surface area contributed by atoms with E-state index in [1.165, 1.54) is 11.7 Å². The van der Waals surface area contributed by atoms with Crippen LogP contribution in [0.3, 0.4) is 0 Å². The summed E-state index contributed by atoms with van der Waals surface area (Å²) in [5.41, 5.74) is 1.89. The summed E-state index contributed by atoms with van der Waals surface area (Å²) in [4.78, 5) is 24.8. The molecule has 0 aliphatic heterocycles. The molecule has 0 bridgehead atoms. The summed E-state index contributed by atoms with van der Waals surface area (Å²) < 4.78 is 6.28. The number of aryl methyl sites for hydroxylation is 1. The Morgan fingerprint density at radius 2 is 2.12 bits per heavy atom. The number of rotatable bonds is 5. The zero-order valence-corrected chi connectivity index (χ0v) is 15.0. The van der Waals surface area contributed by atoms with Gasteiger partial charge in [-0.2, -0.15) is 5.26 Å². The number of methoxy groups -OCH3 is 1. The number of nitrogens with zero attached hydrogens (tertiary/aromatic N) is 2. The van der Waals surface area contributed by atoms with Crippen LogP contribution in [0, 0.1) is 25.2 Å². The maximum atomic E-state index is 12.5. The van der Waals surface area contributed by atoms with Crippen LogP contribution in [-0.2, 0) is 22.7 Å². The Morgan fingerprint density at radius 1 is 1.40 bits per heavy atom. The van der Waals surface area contributed by atoms with Crippen LogP contribution in [0.5, 0.6) is 0 Å². The van der Waals surface area contributed by atoms with Crippen LogP contribution in [0.25, 0.3) is 0 Å². The number of carbonyl (C=O) groups is 1. The van der Waals surface area contributed by atoms with Crippen LogP contribution in [0.15, 0.2) is 29.1 Å². The Balaban J connectivity index is 2.31. The fourth-order valence-electron chi connectivity index (χ4n) is 2.50. The van der Waals surface area contributed by atoms with Gasteiger partial charge < -0.3 is 14.6 Å². The second-order valence-electron chi connectivity index (χ2n) is 5.58. The van der Waals surface area contributed by atoms with E-state index in [1.54, 1.807) is 38.1 Å². The van der Waals surface area contributed by atoms with Gasteiger partial charge in [-0.05, 0) is 37.6 Å². The quantitative estimate of drug-likeness (QED) is 0.889. The molecule has 2 aromatic rings. The van der Waals surface area contributed by atoms with E-state index in [2.05, 4.69) is 5.32 Å². The molecule has 1 N–H and O–H groups in total. The van der Waals surface area contributed by atoms with Gasteiger partial charge in [0.15, 0.2) is 0 Å². The maximum Gasteiger partial charge on any atom is 0.269 e. The maximum absolute atomic E-state index is 12.5. The predicted octanol–water partition coefficient (Wildman–Crippen LogP) is 2.78. The highest BCUT2D eigenvalue weighted by Gasteiger charge is 2.15. The van der Waals surface area contributed by atoms with Gasteiger partial charge in [-0.25, -0.2) is 0 Å². The van der Waals surface area contributed by atoms with Crippen molar-refractivity contribution >= 4 is 23.2 Å². The number of benzene rings is 1. The summed E-state index contributed by atoms with van der Waals surface area (Å²) in [6.45, 7) is 3.47. The van der Waals surface area contributed by atoms with Crippen molar-refractivity contribution in [2.24, 2.45) is 0 Å². The van der Waals surface area contributed by atoms with E-state index >= 15 is 0 Å². The van der Waals surface area contributed by atoms with Crippen molar-refractivity contribution in [3.8, 4) is 6.07 Å².